The molecule has 3 aromatic carbocycles. The van der Waals surface area contributed by atoms with Crippen LogP contribution < -0.4 is 20.1 Å². The van der Waals surface area contributed by atoms with Crippen molar-refractivity contribution in [1.29, 1.82) is 0 Å². The van der Waals surface area contributed by atoms with Gasteiger partial charge in [0.15, 0.2) is 23.6 Å². The van der Waals surface area contributed by atoms with Gasteiger partial charge >= 0.3 is 13.7 Å². The number of carbonyl (C=O) groups is 1. The summed E-state index contributed by atoms with van der Waals surface area (Å²) in [5.41, 5.74) is 3.80. The summed E-state index contributed by atoms with van der Waals surface area (Å²) < 4.78 is 86.8. The Morgan fingerprint density at radius 1 is 1.18 bits per heavy atom. The number of fused-ring (bicyclic) bond motifs is 2. The number of benzene rings is 3. The van der Waals surface area contributed by atoms with Gasteiger partial charge in [-0.25, -0.2) is 22.7 Å². The number of alkyl halides is 1. The van der Waals surface area contributed by atoms with E-state index < -0.39 is 68.7 Å². The average Bonchev–Trinajstić information content (AvgIpc) is 3.59. The SMILES string of the molecule is COc1nc(N)nc2c1ncn2C1O[C@H](COP(=O)(N[C@@H](C)C(=O)OCc2ccc(F)cc2F)Oc2cccc3ccccc23)[C@@H](F)[C@@]1(C)O. The topological polar surface area (TPSA) is 182 Å². The predicted octanol–water partition coefficient (Wildman–Crippen LogP) is 4.76. The van der Waals surface area contributed by atoms with E-state index in [2.05, 4.69) is 20.0 Å². The molecule has 2 unspecified atom stereocenters. The maximum atomic E-state index is 15.9. The summed E-state index contributed by atoms with van der Waals surface area (Å²) in [5, 5.41) is 15.1. The van der Waals surface area contributed by atoms with E-state index in [4.69, 9.17) is 29.0 Å². The number of nitrogens with zero attached hydrogens (tertiary/aromatic N) is 4. The fourth-order valence-electron chi connectivity index (χ4n) is 5.45. The smallest absolute Gasteiger partial charge is 0.459 e. The fraction of sp³-hybridized carbons (Fsp3) is 0.312. The third-order valence-corrected chi connectivity index (χ3v) is 9.64. The highest BCUT2D eigenvalue weighted by atomic mass is 31.2. The van der Waals surface area contributed by atoms with Gasteiger partial charge in [-0.15, -0.1) is 0 Å². The molecule has 14 nitrogen and oxygen atoms in total. The largest absolute Gasteiger partial charge is 0.479 e. The van der Waals surface area contributed by atoms with Crippen LogP contribution in [0, 0.1) is 11.6 Å². The number of methoxy groups -OCH3 is 1. The van der Waals surface area contributed by atoms with E-state index in [1.54, 1.807) is 36.4 Å². The van der Waals surface area contributed by atoms with Gasteiger partial charge in [0.25, 0.3) is 0 Å². The van der Waals surface area contributed by atoms with Crippen LogP contribution in [-0.4, -0.2) is 68.2 Å². The molecule has 1 aliphatic heterocycles. The minimum Gasteiger partial charge on any atom is -0.479 e. The number of aliphatic hydroxyl groups is 1. The molecule has 1 aliphatic rings. The molecule has 2 aromatic heterocycles. The minimum atomic E-state index is -4.60. The molecule has 1 saturated heterocycles. The number of ether oxygens (including phenoxy) is 3. The van der Waals surface area contributed by atoms with Crippen molar-refractivity contribution in [2.75, 3.05) is 19.5 Å². The van der Waals surface area contributed by atoms with E-state index in [1.807, 2.05) is 0 Å². The molecule has 0 bridgehead atoms. The second-order valence-electron chi connectivity index (χ2n) is 11.6. The van der Waals surface area contributed by atoms with E-state index in [1.165, 1.54) is 37.9 Å². The van der Waals surface area contributed by atoms with Gasteiger partial charge in [0, 0.05) is 17.0 Å². The molecule has 0 aliphatic carbocycles. The Hall–Kier alpha value is -4.80. The van der Waals surface area contributed by atoms with Crippen molar-refractivity contribution in [2.24, 2.45) is 0 Å². The molecule has 0 amide bonds. The number of hydrogen-bond acceptors (Lipinski definition) is 12. The van der Waals surface area contributed by atoms with Gasteiger partial charge in [-0.2, -0.15) is 15.1 Å². The third kappa shape index (κ3) is 6.95. The van der Waals surface area contributed by atoms with Gasteiger partial charge in [-0.05, 0) is 37.4 Å². The van der Waals surface area contributed by atoms with Crippen LogP contribution in [0.25, 0.3) is 21.9 Å². The number of esters is 1. The Morgan fingerprint density at radius 2 is 1.94 bits per heavy atom. The van der Waals surface area contributed by atoms with Crippen molar-refractivity contribution in [3.63, 3.8) is 0 Å². The van der Waals surface area contributed by atoms with Crippen molar-refractivity contribution < 1.29 is 50.9 Å². The highest BCUT2D eigenvalue weighted by Crippen LogP contribution is 2.49. The Bertz CT molecular complexity index is 2100. The lowest BCUT2D eigenvalue weighted by Gasteiger charge is -2.26. The molecule has 4 N–H and O–H groups in total. The fourth-order valence-corrected chi connectivity index (χ4v) is 6.97. The standard InChI is InChI=1S/C32H32F3N6O8P/c1-17(29(42)46-14-19-11-12-20(33)13-22(19)34)40-50(44,49-23-10-6-8-18-7-4-5-9-21(18)23)47-15-24-26(35)32(2,43)30(48-24)41-16-37-25-27(41)38-31(36)39-28(25)45-3/h4-13,16-17,24,26,30,43H,14-15H2,1-3H3,(H,40,44)(H2,36,38,39)/t17-,24+,26+,30?,32+,50?/m0/s1. The molecule has 6 rings (SSSR count). The second kappa shape index (κ2) is 13.8. The first kappa shape index (κ1) is 35.0. The van der Waals surface area contributed by atoms with E-state index in [9.17, 15) is 23.2 Å². The average molecular weight is 717 g/mol. The number of rotatable bonds is 12. The Labute approximate surface area is 282 Å². The molecular formula is C32H32F3N6O8P. The number of nitrogens with one attached hydrogen (secondary N) is 1. The first-order valence-electron chi connectivity index (χ1n) is 15.2. The molecule has 264 valence electrons. The number of carbonyl (C=O) groups excluding carboxylic acids is 1. The van der Waals surface area contributed by atoms with E-state index in [-0.39, 0.29) is 34.3 Å². The van der Waals surface area contributed by atoms with Crippen LogP contribution in [0.1, 0.15) is 25.6 Å². The minimum absolute atomic E-state index is 0.0496. The van der Waals surface area contributed by atoms with E-state index in [0.717, 1.165) is 17.5 Å². The maximum Gasteiger partial charge on any atom is 0.459 e. The summed E-state index contributed by atoms with van der Waals surface area (Å²) in [5.74, 6) is -2.71. The molecule has 0 saturated carbocycles. The Kier molecular flexibility index (Phi) is 9.70. The van der Waals surface area contributed by atoms with Gasteiger partial charge < -0.3 is 29.6 Å². The summed E-state index contributed by atoms with van der Waals surface area (Å²) in [6.07, 6.45) is -3.80. The molecule has 0 radical (unpaired) electrons. The normalized spacial score (nSPS) is 22.3. The van der Waals surface area contributed by atoms with Gasteiger partial charge in [0.2, 0.25) is 11.8 Å². The van der Waals surface area contributed by atoms with E-state index >= 15 is 4.39 Å². The number of aromatic nitrogens is 4. The second-order valence-corrected chi connectivity index (χ2v) is 13.3. The molecule has 18 heteroatoms. The first-order valence-corrected chi connectivity index (χ1v) is 16.7. The number of imidazole rings is 1. The summed E-state index contributed by atoms with van der Waals surface area (Å²) in [4.78, 5) is 25.2. The van der Waals surface area contributed by atoms with Crippen molar-refractivity contribution in [3.05, 3.63) is 84.2 Å². The zero-order chi connectivity index (χ0) is 35.8. The van der Waals surface area contributed by atoms with Crippen molar-refractivity contribution >= 4 is 41.6 Å². The van der Waals surface area contributed by atoms with Crippen LogP contribution >= 0.6 is 7.75 Å². The van der Waals surface area contributed by atoms with E-state index in [0.29, 0.717) is 11.5 Å². The Balaban J connectivity index is 1.23. The van der Waals surface area contributed by atoms with Crippen LogP contribution in [-0.2, 0) is 30.0 Å². The van der Waals surface area contributed by atoms with Crippen LogP contribution in [0.2, 0.25) is 0 Å². The third-order valence-electron chi connectivity index (χ3n) is 8.01. The lowest BCUT2D eigenvalue weighted by Crippen LogP contribution is -2.42. The van der Waals surface area contributed by atoms with Crippen molar-refractivity contribution in [2.45, 2.75) is 50.6 Å². The van der Waals surface area contributed by atoms with Gasteiger partial charge in [0.05, 0.1) is 20.0 Å². The molecule has 3 heterocycles. The summed E-state index contributed by atoms with van der Waals surface area (Å²) in [6, 6.07) is 13.4. The van der Waals surface area contributed by atoms with Crippen LogP contribution in [0.4, 0.5) is 19.1 Å². The highest BCUT2D eigenvalue weighted by molar-refractivity contribution is 7.52. The predicted molar refractivity (Wildman–Crippen MR) is 173 cm³/mol. The highest BCUT2D eigenvalue weighted by Gasteiger charge is 2.55. The summed E-state index contributed by atoms with van der Waals surface area (Å²) in [6.45, 7) is 1.21. The summed E-state index contributed by atoms with van der Waals surface area (Å²) in [7, 11) is -3.25. The molecule has 0 spiro atoms. The molecule has 1 fully saturated rings. The lowest BCUT2D eigenvalue weighted by molar-refractivity contribution is -0.146. The molecular weight excluding hydrogens is 684 g/mol. The van der Waals surface area contributed by atoms with Gasteiger partial charge in [-0.3, -0.25) is 13.9 Å². The van der Waals surface area contributed by atoms with Crippen LogP contribution in [0.15, 0.2) is 67.0 Å². The van der Waals surface area contributed by atoms with Crippen LogP contribution in [0.3, 0.4) is 0 Å². The number of nitrogen functional groups attached to an aromatic ring is 1. The number of hydrogen-bond donors (Lipinski definition) is 3. The lowest BCUT2D eigenvalue weighted by atomic mass is 9.98. The van der Waals surface area contributed by atoms with Gasteiger partial charge in [-0.1, -0.05) is 36.4 Å². The molecule has 50 heavy (non-hydrogen) atoms. The molecule has 5 aromatic rings. The zero-order valence-electron chi connectivity index (χ0n) is 26.8. The Morgan fingerprint density at radius 3 is 2.70 bits per heavy atom. The van der Waals surface area contributed by atoms with Crippen molar-refractivity contribution in [1.82, 2.24) is 24.6 Å². The first-order chi connectivity index (χ1) is 23.8. The quantitative estimate of drug-likeness (QED) is 0.119. The number of anilines is 1. The number of nitrogens with two attached hydrogens (primary N) is 1. The monoisotopic (exact) mass is 716 g/mol. The van der Waals surface area contributed by atoms with Crippen molar-refractivity contribution in [3.8, 4) is 11.6 Å². The summed E-state index contributed by atoms with van der Waals surface area (Å²) >= 11 is 0. The zero-order valence-corrected chi connectivity index (χ0v) is 27.7. The maximum absolute atomic E-state index is 15.9. The van der Waals surface area contributed by atoms with Gasteiger partial charge in [0.1, 0.15) is 41.7 Å². The molecule has 6 atom stereocenters. The van der Waals surface area contributed by atoms with Crippen LogP contribution in [0.5, 0.6) is 11.6 Å². The number of halogens is 3.